The molecule has 0 aliphatic heterocycles. The van der Waals surface area contributed by atoms with Crippen LogP contribution in [0.4, 0.5) is 4.79 Å². The van der Waals surface area contributed by atoms with Crippen molar-refractivity contribution in [3.63, 3.8) is 0 Å². The van der Waals surface area contributed by atoms with Gasteiger partial charge in [0.15, 0.2) is 0 Å². The van der Waals surface area contributed by atoms with Crippen molar-refractivity contribution < 1.29 is 9.36 Å². The average Bonchev–Trinajstić information content (AvgIpc) is 2.07. The molecule has 1 amide bonds. The number of rotatable bonds is 1. The Morgan fingerprint density at radius 2 is 2.00 bits per heavy atom. The van der Waals surface area contributed by atoms with Gasteiger partial charge in [0, 0.05) is 0 Å². The first kappa shape index (κ1) is 7.72. The molecular weight excluding hydrogens is 140 g/mol. The van der Waals surface area contributed by atoms with Gasteiger partial charge in [-0.1, -0.05) is 6.07 Å². The molecule has 0 saturated carbocycles. The molecule has 1 heterocycles. The minimum Gasteiger partial charge on any atom is -0.238 e. The van der Waals surface area contributed by atoms with Crippen LogP contribution in [0.25, 0.3) is 0 Å². The lowest BCUT2D eigenvalue weighted by molar-refractivity contribution is -0.572. The van der Waals surface area contributed by atoms with Crippen molar-refractivity contribution in [3.8, 4) is 0 Å². The van der Waals surface area contributed by atoms with Crippen LogP contribution in [0.15, 0.2) is 30.6 Å². The van der Waals surface area contributed by atoms with Crippen molar-refractivity contribution in [2.24, 2.45) is 0 Å². The molecule has 0 aromatic carbocycles. The summed E-state index contributed by atoms with van der Waals surface area (Å²) >= 11 is 0. The first-order valence-electron chi connectivity index (χ1n) is 3.59. The van der Waals surface area contributed by atoms with E-state index in [1.54, 1.807) is 12.4 Å². The van der Waals surface area contributed by atoms with Crippen molar-refractivity contribution in [3.05, 3.63) is 30.6 Å². The van der Waals surface area contributed by atoms with Crippen LogP contribution in [-0.2, 0) is 0 Å². The molecule has 0 aliphatic carbocycles. The summed E-state index contributed by atoms with van der Waals surface area (Å²) < 4.78 is 1.50. The fourth-order valence-electron chi connectivity index (χ4n) is 0.777. The zero-order valence-electron chi connectivity index (χ0n) is 6.45. The summed E-state index contributed by atoms with van der Waals surface area (Å²) in [6, 6.07) is 5.41. The van der Waals surface area contributed by atoms with E-state index in [1.807, 2.05) is 25.1 Å². The maximum atomic E-state index is 11.1. The zero-order valence-corrected chi connectivity index (χ0v) is 6.45. The second-order valence-electron chi connectivity index (χ2n) is 2.12. The van der Waals surface area contributed by atoms with E-state index in [9.17, 15) is 4.79 Å². The molecule has 3 nitrogen and oxygen atoms in total. The van der Waals surface area contributed by atoms with E-state index in [0.29, 0.717) is 6.54 Å². The number of aromatic nitrogens is 1. The zero-order chi connectivity index (χ0) is 8.10. The first-order chi connectivity index (χ1) is 5.34. The average molecular weight is 151 g/mol. The Morgan fingerprint density at radius 3 is 2.55 bits per heavy atom. The molecule has 1 aromatic rings. The summed E-state index contributed by atoms with van der Waals surface area (Å²) in [6.45, 7) is 2.54. The Hall–Kier alpha value is -1.38. The van der Waals surface area contributed by atoms with Crippen molar-refractivity contribution in [1.82, 2.24) is 5.32 Å². The molecule has 1 N–H and O–H groups in total. The van der Waals surface area contributed by atoms with Crippen LogP contribution < -0.4 is 9.88 Å². The lowest BCUT2D eigenvalue weighted by Gasteiger charge is -1.93. The second-order valence-corrected chi connectivity index (χ2v) is 2.12. The summed E-state index contributed by atoms with van der Waals surface area (Å²) in [5.41, 5.74) is 0. The van der Waals surface area contributed by atoms with Gasteiger partial charge in [-0.2, -0.15) is 9.36 Å². The van der Waals surface area contributed by atoms with Crippen LogP contribution >= 0.6 is 0 Å². The highest BCUT2D eigenvalue weighted by Crippen LogP contribution is 1.75. The van der Waals surface area contributed by atoms with Crippen LogP contribution in [0, 0.1) is 0 Å². The summed E-state index contributed by atoms with van der Waals surface area (Å²) in [5.74, 6) is 0. The molecule has 0 radical (unpaired) electrons. The van der Waals surface area contributed by atoms with Gasteiger partial charge in [-0.25, -0.2) is 5.32 Å². The second kappa shape index (κ2) is 3.71. The van der Waals surface area contributed by atoms with Gasteiger partial charge in [0.25, 0.3) is 0 Å². The number of pyridine rings is 1. The molecule has 0 atom stereocenters. The van der Waals surface area contributed by atoms with E-state index in [2.05, 4.69) is 5.32 Å². The molecule has 0 unspecified atom stereocenters. The molecule has 0 aliphatic rings. The highest BCUT2D eigenvalue weighted by Gasteiger charge is 2.07. The molecule has 0 fully saturated rings. The highest BCUT2D eigenvalue weighted by molar-refractivity contribution is 5.63. The Labute approximate surface area is 65.7 Å². The van der Waals surface area contributed by atoms with Crippen LogP contribution in [0.5, 0.6) is 0 Å². The van der Waals surface area contributed by atoms with E-state index in [4.69, 9.17) is 0 Å². The van der Waals surface area contributed by atoms with Crippen LogP contribution in [0.1, 0.15) is 6.92 Å². The smallest absolute Gasteiger partial charge is 0.238 e. The number of hydrogen-bond acceptors (Lipinski definition) is 1. The maximum absolute atomic E-state index is 11.1. The highest BCUT2D eigenvalue weighted by atomic mass is 16.2. The van der Waals surface area contributed by atoms with Gasteiger partial charge in [-0.05, 0) is 19.1 Å². The van der Waals surface area contributed by atoms with Crippen LogP contribution in [0.2, 0.25) is 0 Å². The van der Waals surface area contributed by atoms with Gasteiger partial charge < -0.3 is 0 Å². The third kappa shape index (κ3) is 2.04. The predicted molar refractivity (Wildman–Crippen MR) is 41.1 cm³/mol. The van der Waals surface area contributed by atoms with Crippen LogP contribution in [-0.4, -0.2) is 12.6 Å². The summed E-state index contributed by atoms with van der Waals surface area (Å²) in [5, 5.41) is 2.69. The number of carbonyl (C=O) groups excluding carboxylic acids is 1. The van der Waals surface area contributed by atoms with Crippen LogP contribution in [0.3, 0.4) is 0 Å². The monoisotopic (exact) mass is 151 g/mol. The largest absolute Gasteiger partial charge is 0.495 e. The molecule has 0 spiro atoms. The van der Waals surface area contributed by atoms with E-state index in [-0.39, 0.29) is 6.03 Å². The number of hydrogen-bond donors (Lipinski definition) is 1. The quantitative estimate of drug-likeness (QED) is 0.584. The third-order valence-corrected chi connectivity index (χ3v) is 1.28. The summed E-state index contributed by atoms with van der Waals surface area (Å²) in [6.07, 6.45) is 3.43. The van der Waals surface area contributed by atoms with E-state index >= 15 is 0 Å². The maximum Gasteiger partial charge on any atom is 0.495 e. The number of nitrogens with one attached hydrogen (secondary N) is 1. The molecule has 11 heavy (non-hydrogen) atoms. The van der Waals surface area contributed by atoms with Gasteiger partial charge >= 0.3 is 6.03 Å². The van der Waals surface area contributed by atoms with Gasteiger partial charge in [0.05, 0.1) is 18.9 Å². The standard InChI is InChI=1S/C8H10N2O/c1-2-9-8(11)10-6-4-3-5-7-10/h3-7H,2H2,1H3/p+1. The third-order valence-electron chi connectivity index (χ3n) is 1.28. The van der Waals surface area contributed by atoms with Gasteiger partial charge in [0.1, 0.15) is 0 Å². The van der Waals surface area contributed by atoms with Gasteiger partial charge in [-0.3, -0.25) is 0 Å². The number of nitrogens with zero attached hydrogens (tertiary/aromatic N) is 1. The number of amides is 1. The van der Waals surface area contributed by atoms with Crippen molar-refractivity contribution >= 4 is 6.03 Å². The SMILES string of the molecule is CCNC(=O)[n+]1ccccc1. The minimum absolute atomic E-state index is 0.0897. The molecule has 3 heteroatoms. The Morgan fingerprint density at radius 1 is 1.36 bits per heavy atom. The summed E-state index contributed by atoms with van der Waals surface area (Å²) in [4.78, 5) is 11.1. The van der Waals surface area contributed by atoms with E-state index < -0.39 is 0 Å². The lowest BCUT2D eigenvalue weighted by atomic mass is 10.5. The molecular formula is C8H11N2O+. The summed E-state index contributed by atoms with van der Waals surface area (Å²) in [7, 11) is 0. The Balaban J connectivity index is 2.69. The topological polar surface area (TPSA) is 33.0 Å². The predicted octanol–water partition coefficient (Wildman–Crippen LogP) is 0.552. The number of carbonyl (C=O) groups is 1. The van der Waals surface area contributed by atoms with Crippen molar-refractivity contribution in [1.29, 1.82) is 0 Å². The molecule has 0 bridgehead atoms. The Bertz CT molecular complexity index is 233. The Kier molecular flexibility index (Phi) is 2.60. The first-order valence-corrected chi connectivity index (χ1v) is 3.59. The minimum atomic E-state index is -0.0897. The molecule has 58 valence electrons. The molecule has 1 rings (SSSR count). The van der Waals surface area contributed by atoms with E-state index in [0.717, 1.165) is 0 Å². The fourth-order valence-corrected chi connectivity index (χ4v) is 0.777. The van der Waals surface area contributed by atoms with Crippen molar-refractivity contribution in [2.45, 2.75) is 6.92 Å². The van der Waals surface area contributed by atoms with Gasteiger partial charge in [0.2, 0.25) is 0 Å². The molecule has 1 aromatic heterocycles. The van der Waals surface area contributed by atoms with E-state index in [1.165, 1.54) is 4.57 Å². The van der Waals surface area contributed by atoms with Crippen molar-refractivity contribution in [2.75, 3.05) is 6.54 Å². The fraction of sp³-hybridized carbons (Fsp3) is 0.250. The normalized spacial score (nSPS) is 9.18. The molecule has 0 saturated heterocycles. The van der Waals surface area contributed by atoms with Gasteiger partial charge in [-0.15, -0.1) is 0 Å². The lowest BCUT2D eigenvalue weighted by Crippen LogP contribution is -2.49.